The van der Waals surface area contributed by atoms with E-state index in [0.29, 0.717) is 0 Å². The maximum Gasteiger partial charge on any atom is 0.143 e. The van der Waals surface area contributed by atoms with Crippen molar-refractivity contribution in [3.63, 3.8) is 0 Å². The van der Waals surface area contributed by atoms with Gasteiger partial charge in [-0.15, -0.1) is 0 Å². The first-order valence-corrected chi connectivity index (χ1v) is 6.09. The minimum atomic E-state index is 0.0341. The van der Waals surface area contributed by atoms with E-state index in [-0.39, 0.29) is 5.72 Å². The topological polar surface area (TPSA) is 15.7 Å². The minimum Gasteiger partial charge on any atom is -0.357 e. The number of ether oxygens (including phenoxy) is 1. The maximum absolute atomic E-state index is 5.92. The van der Waals surface area contributed by atoms with Crippen molar-refractivity contribution < 1.29 is 4.74 Å². The van der Waals surface area contributed by atoms with E-state index in [2.05, 4.69) is 22.5 Å². The van der Waals surface area contributed by atoms with Crippen LogP contribution in [0.5, 0.6) is 0 Å². The fourth-order valence-electron chi connectivity index (χ4n) is 2.38. The number of piperidine rings is 1. The van der Waals surface area contributed by atoms with Crippen molar-refractivity contribution >= 4 is 11.9 Å². The molecule has 4 heteroatoms. The van der Waals surface area contributed by atoms with Gasteiger partial charge in [0.15, 0.2) is 0 Å². The first-order chi connectivity index (χ1) is 6.27. The fourth-order valence-corrected chi connectivity index (χ4v) is 3.17. The van der Waals surface area contributed by atoms with E-state index in [1.54, 1.807) is 0 Å². The van der Waals surface area contributed by atoms with Gasteiger partial charge in [-0.1, -0.05) is 11.9 Å². The molecule has 1 spiro atoms. The number of nitrogens with zero attached hydrogens (tertiary/aromatic N) is 2. The van der Waals surface area contributed by atoms with E-state index < -0.39 is 0 Å². The van der Waals surface area contributed by atoms with Crippen molar-refractivity contribution in [1.82, 2.24) is 9.21 Å². The van der Waals surface area contributed by atoms with E-state index in [0.717, 1.165) is 19.7 Å². The van der Waals surface area contributed by atoms with Crippen LogP contribution in [-0.4, -0.2) is 54.5 Å². The molecular formula is C9H18N2OS. The van der Waals surface area contributed by atoms with Gasteiger partial charge in [0.2, 0.25) is 0 Å². The molecule has 1 unspecified atom stereocenters. The lowest BCUT2D eigenvalue weighted by Gasteiger charge is -2.42. The zero-order chi connectivity index (χ0) is 9.31. The highest BCUT2D eigenvalue weighted by Gasteiger charge is 2.44. The van der Waals surface area contributed by atoms with Gasteiger partial charge in [-0.3, -0.25) is 0 Å². The monoisotopic (exact) mass is 202 g/mol. The van der Waals surface area contributed by atoms with Crippen LogP contribution in [0, 0.1) is 0 Å². The number of likely N-dealkylation sites (tertiary alicyclic amines) is 1. The van der Waals surface area contributed by atoms with Gasteiger partial charge in [0.25, 0.3) is 0 Å². The van der Waals surface area contributed by atoms with E-state index in [4.69, 9.17) is 4.74 Å². The van der Waals surface area contributed by atoms with Crippen molar-refractivity contribution in [3.8, 4) is 0 Å². The molecule has 13 heavy (non-hydrogen) atoms. The van der Waals surface area contributed by atoms with Gasteiger partial charge in [0.1, 0.15) is 5.72 Å². The largest absolute Gasteiger partial charge is 0.357 e. The average Bonchev–Trinajstić information content (AvgIpc) is 2.47. The summed E-state index contributed by atoms with van der Waals surface area (Å²) in [6.07, 6.45) is 4.59. The second-order valence-corrected chi connectivity index (χ2v) is 4.73. The highest BCUT2D eigenvalue weighted by molar-refractivity contribution is 7.96. The normalized spacial score (nSPS) is 37.4. The van der Waals surface area contributed by atoms with Gasteiger partial charge in [-0.05, 0) is 32.7 Å². The summed E-state index contributed by atoms with van der Waals surface area (Å²) in [6.45, 7) is 4.25. The summed E-state index contributed by atoms with van der Waals surface area (Å²) in [4.78, 5) is 2.37. The number of likely N-dealkylation sites (N-methyl/N-ethyl adjacent to an activating group) is 1. The zero-order valence-electron chi connectivity index (χ0n) is 8.45. The summed E-state index contributed by atoms with van der Waals surface area (Å²) in [6, 6.07) is 0. The number of hydrogen-bond acceptors (Lipinski definition) is 4. The molecule has 0 aliphatic carbocycles. The summed E-state index contributed by atoms with van der Waals surface area (Å²) in [5, 5.41) is 0. The lowest BCUT2D eigenvalue weighted by atomic mass is 10.0. The highest BCUT2D eigenvalue weighted by atomic mass is 32.2. The van der Waals surface area contributed by atoms with Crippen LogP contribution in [-0.2, 0) is 4.74 Å². The summed E-state index contributed by atoms with van der Waals surface area (Å²) < 4.78 is 8.32. The van der Waals surface area contributed by atoms with Crippen LogP contribution in [0.3, 0.4) is 0 Å². The van der Waals surface area contributed by atoms with Crippen LogP contribution in [0.4, 0.5) is 0 Å². The summed E-state index contributed by atoms with van der Waals surface area (Å²) in [5.41, 5.74) is 0.0341. The first-order valence-electron chi connectivity index (χ1n) is 4.91. The standard InChI is InChI=1S/C9H18N2OS/c1-10-5-3-4-9(8-10)11(13-2)6-7-12-9/h3-8H2,1-2H3. The predicted molar refractivity (Wildman–Crippen MR) is 55.6 cm³/mol. The minimum absolute atomic E-state index is 0.0341. The molecule has 2 rings (SSSR count). The Morgan fingerprint density at radius 1 is 1.38 bits per heavy atom. The van der Waals surface area contributed by atoms with Crippen LogP contribution in [0.2, 0.25) is 0 Å². The Kier molecular flexibility index (Phi) is 2.83. The molecule has 2 saturated heterocycles. The van der Waals surface area contributed by atoms with Crippen LogP contribution in [0.15, 0.2) is 0 Å². The number of hydrogen-bond donors (Lipinski definition) is 0. The molecule has 0 radical (unpaired) electrons. The van der Waals surface area contributed by atoms with Crippen molar-refractivity contribution in [2.45, 2.75) is 18.6 Å². The molecule has 3 nitrogen and oxygen atoms in total. The Bertz CT molecular complexity index is 190. The lowest BCUT2D eigenvalue weighted by molar-refractivity contribution is -0.0893. The quantitative estimate of drug-likeness (QED) is 0.590. The molecular weight excluding hydrogens is 184 g/mol. The van der Waals surface area contributed by atoms with Crippen molar-refractivity contribution in [3.05, 3.63) is 0 Å². The zero-order valence-corrected chi connectivity index (χ0v) is 9.27. The molecule has 2 aliphatic rings. The summed E-state index contributed by atoms with van der Waals surface area (Å²) >= 11 is 1.82. The summed E-state index contributed by atoms with van der Waals surface area (Å²) in [7, 11) is 2.18. The molecule has 2 aliphatic heterocycles. The molecule has 0 saturated carbocycles. The Balaban J connectivity index is 2.08. The Morgan fingerprint density at radius 2 is 2.23 bits per heavy atom. The first kappa shape index (κ1) is 9.77. The fraction of sp³-hybridized carbons (Fsp3) is 1.00. The second kappa shape index (κ2) is 3.77. The molecule has 0 aromatic heterocycles. The van der Waals surface area contributed by atoms with Gasteiger partial charge >= 0.3 is 0 Å². The van der Waals surface area contributed by atoms with Crippen LogP contribution in [0.25, 0.3) is 0 Å². The van der Waals surface area contributed by atoms with Gasteiger partial charge in [0, 0.05) is 13.1 Å². The third-order valence-electron chi connectivity index (χ3n) is 2.96. The molecule has 1 atom stereocenters. The third-order valence-corrected chi connectivity index (χ3v) is 3.92. The smallest absolute Gasteiger partial charge is 0.143 e. The molecule has 0 N–H and O–H groups in total. The SMILES string of the molecule is CSN1CCOC12CCCN(C)C2. The molecule has 2 heterocycles. The van der Waals surface area contributed by atoms with E-state index in [9.17, 15) is 0 Å². The Morgan fingerprint density at radius 3 is 2.92 bits per heavy atom. The third kappa shape index (κ3) is 1.73. The van der Waals surface area contributed by atoms with Gasteiger partial charge in [-0.25, -0.2) is 4.31 Å². The molecule has 0 amide bonds. The van der Waals surface area contributed by atoms with Gasteiger partial charge < -0.3 is 9.64 Å². The van der Waals surface area contributed by atoms with E-state index in [1.165, 1.54) is 19.4 Å². The predicted octanol–water partition coefficient (Wildman–Crippen LogP) is 1.02. The summed E-state index contributed by atoms with van der Waals surface area (Å²) in [5.74, 6) is 0. The van der Waals surface area contributed by atoms with Gasteiger partial charge in [-0.2, -0.15) is 0 Å². The molecule has 0 aromatic carbocycles. The van der Waals surface area contributed by atoms with Crippen LogP contribution in [0.1, 0.15) is 12.8 Å². The van der Waals surface area contributed by atoms with E-state index in [1.807, 2.05) is 11.9 Å². The number of rotatable bonds is 1. The molecule has 76 valence electrons. The molecule has 0 bridgehead atoms. The van der Waals surface area contributed by atoms with E-state index >= 15 is 0 Å². The van der Waals surface area contributed by atoms with Crippen LogP contribution >= 0.6 is 11.9 Å². The highest BCUT2D eigenvalue weighted by Crippen LogP contribution is 2.35. The van der Waals surface area contributed by atoms with Gasteiger partial charge in [0.05, 0.1) is 6.61 Å². The lowest BCUT2D eigenvalue weighted by Crippen LogP contribution is -2.53. The average molecular weight is 202 g/mol. The Hall–Kier alpha value is 0.230. The maximum atomic E-state index is 5.92. The van der Waals surface area contributed by atoms with Crippen molar-refractivity contribution in [2.75, 3.05) is 39.5 Å². The molecule has 2 fully saturated rings. The van der Waals surface area contributed by atoms with Crippen LogP contribution < -0.4 is 0 Å². The Labute approximate surface area is 84.5 Å². The van der Waals surface area contributed by atoms with Crippen molar-refractivity contribution in [1.29, 1.82) is 0 Å². The van der Waals surface area contributed by atoms with Crippen molar-refractivity contribution in [2.24, 2.45) is 0 Å². The second-order valence-electron chi connectivity index (χ2n) is 3.92. The molecule has 0 aromatic rings.